The van der Waals surface area contributed by atoms with Crippen LogP contribution in [-0.4, -0.2) is 21.8 Å². The van der Waals surface area contributed by atoms with Crippen LogP contribution in [-0.2, 0) is 11.3 Å². The van der Waals surface area contributed by atoms with Crippen LogP contribution in [0.3, 0.4) is 0 Å². The average molecular weight is 212 g/mol. The van der Waals surface area contributed by atoms with E-state index >= 15 is 0 Å². The van der Waals surface area contributed by atoms with Gasteiger partial charge >= 0.3 is 5.97 Å². The monoisotopic (exact) mass is 212 g/mol. The fourth-order valence-electron chi connectivity index (χ4n) is 1.13. The van der Waals surface area contributed by atoms with Gasteiger partial charge in [0.05, 0.1) is 12.2 Å². The molecule has 0 aromatic carbocycles. The predicted molar refractivity (Wildman–Crippen MR) is 54.4 cm³/mol. The van der Waals surface area contributed by atoms with E-state index in [-0.39, 0.29) is 0 Å². The highest BCUT2D eigenvalue weighted by molar-refractivity contribution is 5.78. The molecule has 0 bridgehead atoms. The zero-order valence-electron chi connectivity index (χ0n) is 9.20. The van der Waals surface area contributed by atoms with Crippen LogP contribution in [0.2, 0.25) is 0 Å². The fourth-order valence-corrected chi connectivity index (χ4v) is 1.13. The first-order valence-corrected chi connectivity index (χ1v) is 4.88. The molecule has 0 fully saturated rings. The minimum Gasteiger partial charge on any atom is -0.480 e. The van der Waals surface area contributed by atoms with Crippen LogP contribution < -0.4 is 5.32 Å². The quantitative estimate of drug-likeness (QED) is 0.770. The van der Waals surface area contributed by atoms with Gasteiger partial charge in [0.2, 0.25) is 0 Å². The van der Waals surface area contributed by atoms with Gasteiger partial charge in [-0.15, -0.1) is 0 Å². The average Bonchev–Trinajstić information content (AvgIpc) is 2.60. The largest absolute Gasteiger partial charge is 0.480 e. The number of carboxylic acids is 1. The summed E-state index contributed by atoms with van der Waals surface area (Å²) in [6, 6.07) is 1.78. The third kappa shape index (κ3) is 2.79. The zero-order chi connectivity index (χ0) is 11.5. The fraction of sp³-hybridized carbons (Fsp3) is 0.600. The van der Waals surface area contributed by atoms with E-state index in [2.05, 4.69) is 10.5 Å². The van der Waals surface area contributed by atoms with Gasteiger partial charge in [0.15, 0.2) is 5.76 Å². The van der Waals surface area contributed by atoms with Crippen molar-refractivity contribution in [3.63, 3.8) is 0 Å². The van der Waals surface area contributed by atoms with Gasteiger partial charge in [-0.05, 0) is 20.3 Å². The smallest absolute Gasteiger partial charge is 0.323 e. The maximum absolute atomic E-state index is 11.0. The summed E-state index contributed by atoms with van der Waals surface area (Å²) >= 11 is 0. The molecule has 0 radical (unpaired) electrons. The minimum absolute atomic E-state index is 0.373. The lowest BCUT2D eigenvalue weighted by atomic mass is 9.99. The van der Waals surface area contributed by atoms with Crippen molar-refractivity contribution in [1.29, 1.82) is 0 Å². The molecule has 0 aliphatic carbocycles. The van der Waals surface area contributed by atoms with Crippen LogP contribution >= 0.6 is 0 Å². The van der Waals surface area contributed by atoms with E-state index in [1.54, 1.807) is 13.0 Å². The molecule has 1 unspecified atom stereocenters. The van der Waals surface area contributed by atoms with Gasteiger partial charge in [-0.2, -0.15) is 0 Å². The molecule has 1 aromatic heterocycles. The van der Waals surface area contributed by atoms with Crippen LogP contribution in [0.25, 0.3) is 0 Å². The molecule has 5 heteroatoms. The summed E-state index contributed by atoms with van der Waals surface area (Å²) in [5.41, 5.74) is -0.124. The second-order valence-corrected chi connectivity index (χ2v) is 3.78. The van der Waals surface area contributed by atoms with Crippen LogP contribution in [0.5, 0.6) is 0 Å². The molecule has 0 spiro atoms. The van der Waals surface area contributed by atoms with Gasteiger partial charge in [-0.25, -0.2) is 0 Å². The lowest BCUT2D eigenvalue weighted by molar-refractivity contribution is -0.144. The van der Waals surface area contributed by atoms with Crippen molar-refractivity contribution in [2.75, 3.05) is 0 Å². The van der Waals surface area contributed by atoms with Crippen molar-refractivity contribution < 1.29 is 14.4 Å². The Balaban J connectivity index is 2.59. The number of nitrogens with one attached hydrogen (secondary N) is 1. The van der Waals surface area contributed by atoms with Crippen molar-refractivity contribution in [2.45, 2.75) is 39.3 Å². The Morgan fingerprint density at radius 1 is 1.73 bits per heavy atom. The second-order valence-electron chi connectivity index (χ2n) is 3.78. The first-order valence-electron chi connectivity index (χ1n) is 4.88. The first kappa shape index (κ1) is 11.7. The lowest BCUT2D eigenvalue weighted by Crippen LogP contribution is -2.48. The summed E-state index contributed by atoms with van der Waals surface area (Å²) in [5, 5.41) is 15.7. The molecule has 5 nitrogen and oxygen atoms in total. The molecule has 1 atom stereocenters. The predicted octanol–water partition coefficient (Wildman–Crippen LogP) is 1.33. The molecule has 15 heavy (non-hydrogen) atoms. The highest BCUT2D eigenvalue weighted by Gasteiger charge is 2.30. The molecule has 0 amide bonds. The van der Waals surface area contributed by atoms with Crippen LogP contribution in [0, 0.1) is 6.92 Å². The van der Waals surface area contributed by atoms with Crippen molar-refractivity contribution >= 4 is 5.97 Å². The number of hydrogen-bond acceptors (Lipinski definition) is 4. The maximum Gasteiger partial charge on any atom is 0.323 e. The van der Waals surface area contributed by atoms with Crippen molar-refractivity contribution in [3.8, 4) is 0 Å². The van der Waals surface area contributed by atoms with E-state index in [1.165, 1.54) is 0 Å². The standard InChI is InChI=1S/C10H16N2O3/c1-4-10(3,9(13)14)11-6-8-5-7(2)12-15-8/h5,11H,4,6H2,1-3H3,(H,13,14). The zero-order valence-corrected chi connectivity index (χ0v) is 9.20. The number of hydrogen-bond donors (Lipinski definition) is 2. The number of aromatic nitrogens is 1. The Kier molecular flexibility index (Phi) is 3.47. The van der Waals surface area contributed by atoms with Gasteiger partial charge in [0.25, 0.3) is 0 Å². The van der Waals surface area contributed by atoms with E-state index in [9.17, 15) is 4.79 Å². The molecule has 0 saturated heterocycles. The molecule has 1 rings (SSSR count). The maximum atomic E-state index is 11.0. The molecule has 0 saturated carbocycles. The normalized spacial score (nSPS) is 14.9. The van der Waals surface area contributed by atoms with Crippen LogP contribution in [0.1, 0.15) is 31.7 Å². The number of nitrogens with zero attached hydrogens (tertiary/aromatic N) is 1. The molecule has 1 aromatic rings. The van der Waals surface area contributed by atoms with Crippen molar-refractivity contribution in [3.05, 3.63) is 17.5 Å². The SMILES string of the molecule is CCC(C)(NCc1cc(C)no1)C(=O)O. The van der Waals surface area contributed by atoms with Gasteiger partial charge in [-0.1, -0.05) is 12.1 Å². The molecule has 0 aliphatic heterocycles. The summed E-state index contributed by atoms with van der Waals surface area (Å²) < 4.78 is 4.98. The molecule has 1 heterocycles. The Hall–Kier alpha value is -1.36. The Morgan fingerprint density at radius 3 is 2.80 bits per heavy atom. The van der Waals surface area contributed by atoms with E-state index in [0.717, 1.165) is 5.69 Å². The van der Waals surface area contributed by atoms with E-state index < -0.39 is 11.5 Å². The van der Waals surface area contributed by atoms with E-state index in [1.807, 2.05) is 13.8 Å². The molecule has 2 N–H and O–H groups in total. The molecule has 84 valence electrons. The van der Waals surface area contributed by atoms with Crippen molar-refractivity contribution in [2.24, 2.45) is 0 Å². The second kappa shape index (κ2) is 4.44. The summed E-state index contributed by atoms with van der Waals surface area (Å²) in [6.45, 7) is 5.67. The number of aliphatic carboxylic acids is 1. The summed E-state index contributed by atoms with van der Waals surface area (Å²) in [6.07, 6.45) is 0.509. The lowest BCUT2D eigenvalue weighted by Gasteiger charge is -2.23. The highest BCUT2D eigenvalue weighted by Crippen LogP contribution is 2.11. The van der Waals surface area contributed by atoms with Crippen molar-refractivity contribution in [1.82, 2.24) is 10.5 Å². The summed E-state index contributed by atoms with van der Waals surface area (Å²) in [7, 11) is 0. The minimum atomic E-state index is -0.916. The number of rotatable bonds is 5. The summed E-state index contributed by atoms with van der Waals surface area (Å²) in [4.78, 5) is 11.0. The van der Waals surface area contributed by atoms with E-state index in [4.69, 9.17) is 9.63 Å². The van der Waals surface area contributed by atoms with E-state index in [0.29, 0.717) is 18.7 Å². The molecular formula is C10H16N2O3. The van der Waals surface area contributed by atoms with Crippen LogP contribution in [0.15, 0.2) is 10.6 Å². The van der Waals surface area contributed by atoms with Gasteiger partial charge < -0.3 is 9.63 Å². The summed E-state index contributed by atoms with van der Waals surface area (Å²) in [5.74, 6) is -0.213. The van der Waals surface area contributed by atoms with Gasteiger partial charge in [0.1, 0.15) is 5.54 Å². The number of carboxylic acid groups (broad SMARTS) is 1. The topological polar surface area (TPSA) is 75.4 Å². The number of aryl methyl sites for hydroxylation is 1. The highest BCUT2D eigenvalue weighted by atomic mass is 16.5. The molecular weight excluding hydrogens is 196 g/mol. The van der Waals surface area contributed by atoms with Gasteiger partial charge in [-0.3, -0.25) is 10.1 Å². The Bertz CT molecular complexity index is 348. The Morgan fingerprint density at radius 2 is 2.40 bits per heavy atom. The number of carbonyl (C=O) groups is 1. The first-order chi connectivity index (χ1) is 6.98. The van der Waals surface area contributed by atoms with Crippen LogP contribution in [0.4, 0.5) is 0 Å². The Labute approximate surface area is 88.5 Å². The third-order valence-corrected chi connectivity index (χ3v) is 2.51. The third-order valence-electron chi connectivity index (χ3n) is 2.51. The molecule has 0 aliphatic rings. The van der Waals surface area contributed by atoms with Gasteiger partial charge in [0, 0.05) is 6.07 Å².